The van der Waals surface area contributed by atoms with E-state index in [0.717, 1.165) is 35.3 Å². The van der Waals surface area contributed by atoms with Gasteiger partial charge in [0, 0.05) is 15.1 Å². The highest BCUT2D eigenvalue weighted by Crippen LogP contribution is 2.36. The van der Waals surface area contributed by atoms with Crippen LogP contribution in [0.3, 0.4) is 0 Å². The highest BCUT2D eigenvalue weighted by Gasteiger charge is 2.26. The number of thiophene rings is 2. The number of amides is 1. The molecule has 0 saturated carbocycles. The Labute approximate surface area is 149 Å². The number of rotatable bonds is 3. The number of nitrogens with one attached hydrogen (secondary N) is 1. The van der Waals surface area contributed by atoms with Gasteiger partial charge >= 0.3 is 5.97 Å². The fourth-order valence-corrected chi connectivity index (χ4v) is 5.39. The van der Waals surface area contributed by atoms with Crippen LogP contribution in [0.4, 0.5) is 5.00 Å². The summed E-state index contributed by atoms with van der Waals surface area (Å²) >= 11 is 3.09. The van der Waals surface area contributed by atoms with Gasteiger partial charge in [-0.3, -0.25) is 4.79 Å². The number of aryl methyl sites for hydroxylation is 1. The van der Waals surface area contributed by atoms with Crippen LogP contribution in [-0.2, 0) is 17.6 Å². The Morgan fingerprint density at radius 3 is 2.79 bits per heavy atom. The third-order valence-electron chi connectivity index (χ3n) is 4.65. The van der Waals surface area contributed by atoms with Crippen molar-refractivity contribution < 1.29 is 14.3 Å². The zero-order valence-electron chi connectivity index (χ0n) is 14.3. The number of carbonyl (C=O) groups excluding carboxylic acids is 2. The number of anilines is 1. The summed E-state index contributed by atoms with van der Waals surface area (Å²) in [5, 5.41) is 5.46. The molecular formula is C18H21NO3S2. The number of hydrogen-bond donors (Lipinski definition) is 1. The predicted octanol–water partition coefficient (Wildman–Crippen LogP) is 4.59. The van der Waals surface area contributed by atoms with E-state index in [1.54, 1.807) is 11.3 Å². The van der Waals surface area contributed by atoms with Gasteiger partial charge in [0.15, 0.2) is 0 Å². The van der Waals surface area contributed by atoms with Crippen molar-refractivity contribution in [1.82, 2.24) is 0 Å². The van der Waals surface area contributed by atoms with Crippen molar-refractivity contribution in [3.63, 3.8) is 0 Å². The largest absolute Gasteiger partial charge is 0.465 e. The van der Waals surface area contributed by atoms with Gasteiger partial charge in [-0.15, -0.1) is 22.7 Å². The van der Waals surface area contributed by atoms with Crippen LogP contribution in [0, 0.1) is 19.8 Å². The van der Waals surface area contributed by atoms with Crippen LogP contribution in [-0.4, -0.2) is 19.0 Å². The van der Waals surface area contributed by atoms with Crippen molar-refractivity contribution in [2.24, 2.45) is 5.92 Å². The van der Waals surface area contributed by atoms with Gasteiger partial charge in [0.1, 0.15) is 5.00 Å². The lowest BCUT2D eigenvalue weighted by Gasteiger charge is -2.18. The maximum atomic E-state index is 12.8. The van der Waals surface area contributed by atoms with E-state index < -0.39 is 5.97 Å². The zero-order chi connectivity index (χ0) is 17.4. The molecule has 1 N–H and O–H groups in total. The maximum Gasteiger partial charge on any atom is 0.341 e. The molecule has 2 heterocycles. The van der Waals surface area contributed by atoms with E-state index in [4.69, 9.17) is 4.74 Å². The van der Waals surface area contributed by atoms with Crippen molar-refractivity contribution in [1.29, 1.82) is 0 Å². The highest BCUT2D eigenvalue weighted by atomic mass is 32.1. The van der Waals surface area contributed by atoms with E-state index in [1.807, 2.05) is 19.2 Å². The van der Waals surface area contributed by atoms with Crippen molar-refractivity contribution in [3.8, 4) is 0 Å². The summed E-state index contributed by atoms with van der Waals surface area (Å²) in [4.78, 5) is 27.1. The van der Waals surface area contributed by atoms with Crippen LogP contribution in [0.15, 0.2) is 5.38 Å². The SMILES string of the molecule is COC(=O)c1c(NC(=O)c2csc3c2CC[C@H](C)C3)sc(C)c1C. The molecule has 2 aromatic heterocycles. The Morgan fingerprint density at radius 1 is 1.33 bits per heavy atom. The summed E-state index contributed by atoms with van der Waals surface area (Å²) < 4.78 is 4.86. The number of hydrogen-bond acceptors (Lipinski definition) is 5. The minimum atomic E-state index is -0.409. The number of carbonyl (C=O) groups is 2. The van der Waals surface area contributed by atoms with E-state index in [-0.39, 0.29) is 5.91 Å². The minimum absolute atomic E-state index is 0.131. The third kappa shape index (κ3) is 3.00. The lowest BCUT2D eigenvalue weighted by molar-refractivity contribution is 0.0601. The van der Waals surface area contributed by atoms with Gasteiger partial charge in [-0.25, -0.2) is 4.79 Å². The van der Waals surface area contributed by atoms with Gasteiger partial charge < -0.3 is 10.1 Å². The standard InChI is InChI=1S/C18H21NO3S2/c1-9-5-6-12-13(8-23-14(12)7-9)16(20)19-17-15(18(21)22-4)10(2)11(3)24-17/h8-9H,5-7H2,1-4H3,(H,19,20)/t9-/m0/s1. The summed E-state index contributed by atoms with van der Waals surface area (Å²) in [5.41, 5.74) is 3.26. The molecule has 1 aliphatic carbocycles. The summed E-state index contributed by atoms with van der Waals surface area (Å²) in [6.07, 6.45) is 3.13. The Balaban J connectivity index is 1.89. The van der Waals surface area contributed by atoms with Gasteiger partial charge in [-0.2, -0.15) is 0 Å². The van der Waals surface area contributed by atoms with Crippen molar-refractivity contribution >= 4 is 39.6 Å². The van der Waals surface area contributed by atoms with E-state index >= 15 is 0 Å². The molecule has 0 aromatic carbocycles. The Hall–Kier alpha value is -1.66. The average molecular weight is 364 g/mol. The van der Waals surface area contributed by atoms with E-state index in [9.17, 15) is 9.59 Å². The Kier molecular flexibility index (Phi) is 4.78. The van der Waals surface area contributed by atoms with Crippen molar-refractivity contribution in [2.45, 2.75) is 40.0 Å². The fraction of sp³-hybridized carbons (Fsp3) is 0.444. The molecule has 4 nitrogen and oxygen atoms in total. The molecule has 0 aliphatic heterocycles. The second-order valence-electron chi connectivity index (χ2n) is 6.33. The van der Waals surface area contributed by atoms with E-state index in [0.29, 0.717) is 16.5 Å². The van der Waals surface area contributed by atoms with Gasteiger partial charge in [-0.1, -0.05) is 6.92 Å². The lowest BCUT2D eigenvalue weighted by Crippen LogP contribution is -2.17. The molecule has 0 fully saturated rings. The van der Waals surface area contributed by atoms with Crippen LogP contribution < -0.4 is 5.32 Å². The predicted molar refractivity (Wildman–Crippen MR) is 98.6 cm³/mol. The van der Waals surface area contributed by atoms with Gasteiger partial charge in [0.2, 0.25) is 0 Å². The van der Waals surface area contributed by atoms with Crippen LogP contribution in [0.5, 0.6) is 0 Å². The maximum absolute atomic E-state index is 12.8. The van der Waals surface area contributed by atoms with Crippen LogP contribution in [0.25, 0.3) is 0 Å². The molecule has 0 saturated heterocycles. The normalized spacial score (nSPS) is 16.6. The smallest absolute Gasteiger partial charge is 0.341 e. The molecule has 24 heavy (non-hydrogen) atoms. The van der Waals surface area contributed by atoms with Gasteiger partial charge in [-0.05, 0) is 50.2 Å². The monoisotopic (exact) mass is 363 g/mol. The minimum Gasteiger partial charge on any atom is -0.465 e. The first kappa shape index (κ1) is 17.2. The molecule has 0 radical (unpaired) electrons. The van der Waals surface area contributed by atoms with Crippen LogP contribution in [0.2, 0.25) is 0 Å². The highest BCUT2D eigenvalue weighted by molar-refractivity contribution is 7.17. The molecule has 0 unspecified atom stereocenters. The van der Waals surface area contributed by atoms with Crippen molar-refractivity contribution in [2.75, 3.05) is 12.4 Å². The molecule has 0 bridgehead atoms. The Bertz CT molecular complexity index is 804. The molecular weight excluding hydrogens is 342 g/mol. The topological polar surface area (TPSA) is 55.4 Å². The summed E-state index contributed by atoms with van der Waals surface area (Å²) in [6, 6.07) is 0. The first-order chi connectivity index (χ1) is 11.4. The molecule has 0 spiro atoms. The number of esters is 1. The first-order valence-corrected chi connectivity index (χ1v) is 9.70. The number of ether oxygens (including phenoxy) is 1. The fourth-order valence-electron chi connectivity index (χ4n) is 3.10. The lowest BCUT2D eigenvalue weighted by atomic mass is 9.88. The molecule has 6 heteroatoms. The quantitative estimate of drug-likeness (QED) is 0.812. The van der Waals surface area contributed by atoms with Crippen LogP contribution in [0.1, 0.15) is 54.9 Å². The van der Waals surface area contributed by atoms with Crippen LogP contribution >= 0.6 is 22.7 Å². The number of methoxy groups -OCH3 is 1. The molecule has 3 rings (SSSR count). The Morgan fingerprint density at radius 2 is 2.08 bits per heavy atom. The second kappa shape index (κ2) is 6.69. The first-order valence-electron chi connectivity index (χ1n) is 8.01. The third-order valence-corrected chi connectivity index (χ3v) is 6.82. The molecule has 2 aromatic rings. The summed E-state index contributed by atoms with van der Waals surface area (Å²) in [7, 11) is 1.36. The molecule has 1 aliphatic rings. The second-order valence-corrected chi connectivity index (χ2v) is 8.52. The van der Waals surface area contributed by atoms with E-state index in [1.165, 1.54) is 28.9 Å². The summed E-state index contributed by atoms with van der Waals surface area (Å²) in [6.45, 7) is 6.07. The van der Waals surface area contributed by atoms with Gasteiger partial charge in [0.25, 0.3) is 5.91 Å². The summed E-state index contributed by atoms with van der Waals surface area (Å²) in [5.74, 6) is 0.141. The average Bonchev–Trinajstić information content (AvgIpc) is 3.08. The van der Waals surface area contributed by atoms with Gasteiger partial charge in [0.05, 0.1) is 18.2 Å². The molecule has 1 atom stereocenters. The number of fused-ring (bicyclic) bond motifs is 1. The zero-order valence-corrected chi connectivity index (χ0v) is 16.0. The molecule has 1 amide bonds. The molecule has 128 valence electrons. The van der Waals surface area contributed by atoms with Crippen molar-refractivity contribution in [3.05, 3.63) is 37.4 Å². The van der Waals surface area contributed by atoms with E-state index in [2.05, 4.69) is 12.2 Å².